The lowest BCUT2D eigenvalue weighted by atomic mass is 9.84. The van der Waals surface area contributed by atoms with E-state index in [1.165, 1.54) is 6.42 Å². The van der Waals surface area contributed by atoms with Gasteiger partial charge in [0.1, 0.15) is 5.54 Å². The van der Waals surface area contributed by atoms with Crippen molar-refractivity contribution in [3.63, 3.8) is 0 Å². The molecular weight excluding hydrogens is 264 g/mol. The summed E-state index contributed by atoms with van der Waals surface area (Å²) >= 11 is 0. The summed E-state index contributed by atoms with van der Waals surface area (Å²) in [6.07, 6.45) is 3.77. The Hall–Kier alpha value is -0.610. The Morgan fingerprint density at radius 1 is 1.33 bits per heavy atom. The highest BCUT2D eigenvalue weighted by Crippen LogP contribution is 2.38. The minimum absolute atomic E-state index is 0.205. The Morgan fingerprint density at radius 3 is 2.57 bits per heavy atom. The molecule has 1 heterocycles. The lowest BCUT2D eigenvalue weighted by molar-refractivity contribution is -0.145. The highest BCUT2D eigenvalue weighted by atomic mass is 16.4. The third-order valence-electron chi connectivity index (χ3n) is 5.58. The smallest absolute Gasteiger partial charge is 0.323 e. The van der Waals surface area contributed by atoms with Crippen molar-refractivity contribution in [3.8, 4) is 0 Å². The Kier molecular flexibility index (Phi) is 4.99. The number of aliphatic carboxylic acids is 1. The van der Waals surface area contributed by atoms with Gasteiger partial charge in [-0.3, -0.25) is 15.0 Å². The lowest BCUT2D eigenvalue weighted by Crippen LogP contribution is -2.55. The van der Waals surface area contributed by atoms with Gasteiger partial charge < -0.3 is 5.11 Å². The van der Waals surface area contributed by atoms with E-state index in [2.05, 4.69) is 31.0 Å². The molecular formula is C17H32N2O2. The topological polar surface area (TPSA) is 52.6 Å². The van der Waals surface area contributed by atoms with Crippen LogP contribution in [-0.2, 0) is 4.79 Å². The number of nitrogens with zero attached hydrogens (tertiary/aromatic N) is 1. The van der Waals surface area contributed by atoms with Crippen LogP contribution in [-0.4, -0.2) is 46.2 Å². The van der Waals surface area contributed by atoms with Crippen LogP contribution in [0, 0.1) is 11.8 Å². The van der Waals surface area contributed by atoms with Gasteiger partial charge in [-0.05, 0) is 58.3 Å². The van der Waals surface area contributed by atoms with Crippen LogP contribution in [0.15, 0.2) is 0 Å². The zero-order valence-electron chi connectivity index (χ0n) is 14.2. The van der Waals surface area contributed by atoms with Crippen LogP contribution >= 0.6 is 0 Å². The first-order valence-corrected chi connectivity index (χ1v) is 8.52. The fourth-order valence-corrected chi connectivity index (χ4v) is 4.48. The molecule has 2 aliphatic rings. The first kappa shape index (κ1) is 16.8. The number of carboxylic acids is 1. The average molecular weight is 296 g/mol. The summed E-state index contributed by atoms with van der Waals surface area (Å²) < 4.78 is 0. The molecule has 4 nitrogen and oxygen atoms in total. The van der Waals surface area contributed by atoms with Crippen molar-refractivity contribution in [3.05, 3.63) is 0 Å². The number of carboxylic acid groups (broad SMARTS) is 1. The van der Waals surface area contributed by atoms with E-state index in [4.69, 9.17) is 0 Å². The summed E-state index contributed by atoms with van der Waals surface area (Å²) in [5.74, 6) is 0.741. The van der Waals surface area contributed by atoms with Gasteiger partial charge in [0, 0.05) is 24.7 Å². The van der Waals surface area contributed by atoms with Crippen LogP contribution in [0.5, 0.6) is 0 Å². The quantitative estimate of drug-likeness (QED) is 0.837. The Bertz CT molecular complexity index is 385. The molecule has 0 bridgehead atoms. The second-order valence-electron chi connectivity index (χ2n) is 7.84. The molecule has 0 spiro atoms. The van der Waals surface area contributed by atoms with E-state index in [0.29, 0.717) is 23.9 Å². The fourth-order valence-electron chi connectivity index (χ4n) is 4.48. The molecule has 4 heteroatoms. The van der Waals surface area contributed by atoms with Crippen LogP contribution in [0.2, 0.25) is 0 Å². The first-order chi connectivity index (χ1) is 9.75. The van der Waals surface area contributed by atoms with Gasteiger partial charge in [-0.1, -0.05) is 13.8 Å². The molecule has 5 unspecified atom stereocenters. The normalized spacial score (nSPS) is 41.6. The Morgan fingerprint density at radius 2 is 2.00 bits per heavy atom. The summed E-state index contributed by atoms with van der Waals surface area (Å²) in [4.78, 5) is 14.4. The second kappa shape index (κ2) is 6.25. The third-order valence-corrected chi connectivity index (χ3v) is 5.58. The van der Waals surface area contributed by atoms with E-state index in [9.17, 15) is 9.90 Å². The molecule has 0 aromatic carbocycles. The van der Waals surface area contributed by atoms with E-state index >= 15 is 0 Å². The number of rotatable bonds is 4. The number of hydrogen-bond donors (Lipinski definition) is 2. The molecule has 0 amide bonds. The summed E-state index contributed by atoms with van der Waals surface area (Å²) in [5.41, 5.74) is -0.720. The number of likely N-dealkylation sites (tertiary alicyclic amines) is 1. The maximum absolute atomic E-state index is 11.8. The van der Waals surface area contributed by atoms with E-state index in [1.54, 1.807) is 0 Å². The molecule has 0 radical (unpaired) electrons. The SMILES string of the molecule is CC1CC(C)C(C)N(C2CCC(NC(C)C)(C(=O)O)C2)C1. The van der Waals surface area contributed by atoms with E-state index in [-0.39, 0.29) is 6.04 Å². The van der Waals surface area contributed by atoms with Gasteiger partial charge in [-0.25, -0.2) is 0 Å². The van der Waals surface area contributed by atoms with Crippen LogP contribution in [0.4, 0.5) is 0 Å². The number of hydrogen-bond acceptors (Lipinski definition) is 3. The van der Waals surface area contributed by atoms with Gasteiger partial charge in [0.05, 0.1) is 0 Å². The molecule has 122 valence electrons. The van der Waals surface area contributed by atoms with Gasteiger partial charge in [0.2, 0.25) is 0 Å². The summed E-state index contributed by atoms with van der Waals surface area (Å²) in [5, 5.41) is 13.1. The van der Waals surface area contributed by atoms with Gasteiger partial charge in [0.15, 0.2) is 0 Å². The van der Waals surface area contributed by atoms with Crippen molar-refractivity contribution >= 4 is 5.97 Å². The van der Waals surface area contributed by atoms with Gasteiger partial charge >= 0.3 is 5.97 Å². The molecule has 1 aliphatic heterocycles. The molecule has 5 atom stereocenters. The maximum Gasteiger partial charge on any atom is 0.323 e. The predicted octanol–water partition coefficient (Wildman–Crippen LogP) is 2.73. The summed E-state index contributed by atoms with van der Waals surface area (Å²) in [6, 6.07) is 1.18. The first-order valence-electron chi connectivity index (χ1n) is 8.52. The molecule has 1 aliphatic carbocycles. The zero-order chi connectivity index (χ0) is 15.8. The van der Waals surface area contributed by atoms with Crippen molar-refractivity contribution in [1.82, 2.24) is 10.2 Å². The minimum atomic E-state index is -0.720. The molecule has 2 fully saturated rings. The van der Waals surface area contributed by atoms with Crippen LogP contribution in [0.25, 0.3) is 0 Å². The highest BCUT2D eigenvalue weighted by molar-refractivity contribution is 5.79. The van der Waals surface area contributed by atoms with Gasteiger partial charge in [-0.15, -0.1) is 0 Å². The molecule has 0 aromatic rings. The average Bonchev–Trinajstić information content (AvgIpc) is 2.78. The summed E-state index contributed by atoms with van der Waals surface area (Å²) in [6.45, 7) is 12.2. The Labute approximate surface area is 129 Å². The van der Waals surface area contributed by atoms with Crippen LogP contribution < -0.4 is 5.32 Å². The number of nitrogens with one attached hydrogen (secondary N) is 1. The molecule has 1 saturated heterocycles. The lowest BCUT2D eigenvalue weighted by Gasteiger charge is -2.45. The Balaban J connectivity index is 2.11. The molecule has 1 saturated carbocycles. The largest absolute Gasteiger partial charge is 0.480 e. The van der Waals surface area contributed by atoms with Crippen molar-refractivity contribution in [1.29, 1.82) is 0 Å². The third kappa shape index (κ3) is 3.42. The van der Waals surface area contributed by atoms with Crippen molar-refractivity contribution in [2.75, 3.05) is 6.54 Å². The van der Waals surface area contributed by atoms with Crippen molar-refractivity contribution < 1.29 is 9.90 Å². The van der Waals surface area contributed by atoms with Crippen molar-refractivity contribution in [2.24, 2.45) is 11.8 Å². The van der Waals surface area contributed by atoms with Crippen molar-refractivity contribution in [2.45, 2.75) is 84.0 Å². The number of carbonyl (C=O) groups is 1. The molecule has 0 aromatic heterocycles. The van der Waals surface area contributed by atoms with E-state index in [1.807, 2.05) is 13.8 Å². The highest BCUT2D eigenvalue weighted by Gasteiger charge is 2.48. The van der Waals surface area contributed by atoms with Gasteiger partial charge in [-0.2, -0.15) is 0 Å². The second-order valence-corrected chi connectivity index (χ2v) is 7.84. The fraction of sp³-hybridized carbons (Fsp3) is 0.941. The minimum Gasteiger partial charge on any atom is -0.480 e. The zero-order valence-corrected chi connectivity index (χ0v) is 14.2. The van der Waals surface area contributed by atoms with Crippen LogP contribution in [0.1, 0.15) is 60.3 Å². The van der Waals surface area contributed by atoms with Gasteiger partial charge in [0.25, 0.3) is 0 Å². The molecule has 21 heavy (non-hydrogen) atoms. The summed E-state index contributed by atoms with van der Waals surface area (Å²) in [7, 11) is 0. The van der Waals surface area contributed by atoms with E-state index < -0.39 is 11.5 Å². The predicted molar refractivity (Wildman–Crippen MR) is 85.4 cm³/mol. The molecule has 2 rings (SSSR count). The monoisotopic (exact) mass is 296 g/mol. The van der Waals surface area contributed by atoms with Crippen LogP contribution in [0.3, 0.4) is 0 Å². The maximum atomic E-state index is 11.8. The molecule has 2 N–H and O–H groups in total. The number of piperidine rings is 1. The standard InChI is InChI=1S/C17H32N2O2/c1-11(2)18-17(16(20)21)7-6-15(9-17)19-10-12(3)8-13(4)14(19)5/h11-15,18H,6-10H2,1-5H3,(H,20,21). The van der Waals surface area contributed by atoms with E-state index in [0.717, 1.165) is 25.8 Å².